The van der Waals surface area contributed by atoms with Crippen LogP contribution in [0.15, 0.2) is 42.6 Å². The van der Waals surface area contributed by atoms with E-state index in [2.05, 4.69) is 10.3 Å². The number of pyridine rings is 1. The molecule has 6 nitrogen and oxygen atoms in total. The van der Waals surface area contributed by atoms with Crippen molar-refractivity contribution in [2.45, 2.75) is 19.0 Å². The van der Waals surface area contributed by atoms with Crippen molar-refractivity contribution in [2.75, 3.05) is 18.4 Å². The number of rotatable bonds is 4. The highest BCUT2D eigenvalue weighted by atomic mass is 19.4. The summed E-state index contributed by atoms with van der Waals surface area (Å²) in [6, 6.07) is 7.73. The van der Waals surface area contributed by atoms with Gasteiger partial charge in [-0.1, -0.05) is 6.07 Å². The number of carboxylic acids is 1. The lowest BCUT2D eigenvalue weighted by Crippen LogP contribution is -2.40. The largest absolute Gasteiger partial charge is 0.481 e. The van der Waals surface area contributed by atoms with E-state index >= 15 is 0 Å². The number of hydrogen-bond acceptors (Lipinski definition) is 4. The van der Waals surface area contributed by atoms with Gasteiger partial charge in [-0.25, -0.2) is 4.98 Å². The third-order valence-corrected chi connectivity index (χ3v) is 4.62. The first-order valence-electron chi connectivity index (χ1n) is 8.67. The van der Waals surface area contributed by atoms with Crippen LogP contribution in [0.1, 0.15) is 28.8 Å². The van der Waals surface area contributed by atoms with Crippen LogP contribution in [0.3, 0.4) is 0 Å². The number of nitrogens with zero attached hydrogens (tertiary/aromatic N) is 2. The molecule has 0 unspecified atom stereocenters. The number of anilines is 2. The lowest BCUT2D eigenvalue weighted by atomic mass is 9.96. The van der Waals surface area contributed by atoms with Gasteiger partial charge in [-0.15, -0.1) is 0 Å². The average molecular weight is 393 g/mol. The molecule has 0 saturated carbocycles. The summed E-state index contributed by atoms with van der Waals surface area (Å²) >= 11 is 0. The van der Waals surface area contributed by atoms with Gasteiger partial charge in [0.05, 0.1) is 17.0 Å². The molecule has 2 N–H and O–H groups in total. The number of piperidine rings is 1. The highest BCUT2D eigenvalue weighted by Crippen LogP contribution is 2.31. The third kappa shape index (κ3) is 4.41. The zero-order valence-electron chi connectivity index (χ0n) is 14.7. The molecule has 0 bridgehead atoms. The zero-order chi connectivity index (χ0) is 20.3. The van der Waals surface area contributed by atoms with E-state index in [1.165, 1.54) is 29.3 Å². The maximum Gasteiger partial charge on any atom is 0.416 e. The van der Waals surface area contributed by atoms with Crippen molar-refractivity contribution >= 4 is 23.4 Å². The molecule has 1 aliphatic rings. The van der Waals surface area contributed by atoms with Crippen LogP contribution in [0, 0.1) is 5.92 Å². The number of carbonyl (C=O) groups excluding carboxylic acids is 1. The topological polar surface area (TPSA) is 82.5 Å². The lowest BCUT2D eigenvalue weighted by Gasteiger charge is -2.30. The molecule has 0 spiro atoms. The van der Waals surface area contributed by atoms with Crippen molar-refractivity contribution in [1.29, 1.82) is 0 Å². The van der Waals surface area contributed by atoms with Crippen LogP contribution in [0.5, 0.6) is 0 Å². The fraction of sp³-hybridized carbons (Fsp3) is 0.316. The van der Waals surface area contributed by atoms with E-state index < -0.39 is 23.6 Å². The monoisotopic (exact) mass is 393 g/mol. The Labute approximate surface area is 159 Å². The Morgan fingerprint density at radius 2 is 1.86 bits per heavy atom. The Kier molecular flexibility index (Phi) is 5.53. The summed E-state index contributed by atoms with van der Waals surface area (Å²) in [6.07, 6.45) is -2.33. The number of carboxylic acid groups (broad SMARTS) is 1. The summed E-state index contributed by atoms with van der Waals surface area (Å²) in [7, 11) is 0. The Hall–Kier alpha value is -3.10. The number of nitrogens with one attached hydrogen (secondary N) is 1. The molecule has 3 rings (SSSR count). The molecular formula is C19H18F3N3O3. The van der Waals surface area contributed by atoms with Gasteiger partial charge in [0.25, 0.3) is 5.91 Å². The first kappa shape index (κ1) is 19.7. The molecule has 2 aromatic rings. The number of alkyl halides is 3. The van der Waals surface area contributed by atoms with Crippen molar-refractivity contribution in [1.82, 2.24) is 9.88 Å². The number of amides is 1. The van der Waals surface area contributed by atoms with Crippen LogP contribution in [0.25, 0.3) is 0 Å². The number of benzene rings is 1. The minimum Gasteiger partial charge on any atom is -0.481 e. The highest BCUT2D eigenvalue weighted by molar-refractivity contribution is 5.99. The number of carbonyl (C=O) groups is 2. The SMILES string of the molecule is O=C(O)C1CCN(C(=O)c2cccnc2Nc2cccc(C(F)(F)F)c2)CC1. The fourth-order valence-electron chi connectivity index (χ4n) is 3.09. The quantitative estimate of drug-likeness (QED) is 0.826. The van der Waals surface area contributed by atoms with Gasteiger partial charge < -0.3 is 15.3 Å². The van der Waals surface area contributed by atoms with E-state index in [1.807, 2.05) is 0 Å². The molecule has 2 heterocycles. The van der Waals surface area contributed by atoms with Crippen LogP contribution in [0.4, 0.5) is 24.7 Å². The van der Waals surface area contributed by atoms with E-state index in [4.69, 9.17) is 5.11 Å². The summed E-state index contributed by atoms with van der Waals surface area (Å²) in [5, 5.41) is 11.8. The molecule has 1 amide bonds. The summed E-state index contributed by atoms with van der Waals surface area (Å²) in [4.78, 5) is 29.5. The van der Waals surface area contributed by atoms with Crippen LogP contribution in [-0.2, 0) is 11.0 Å². The van der Waals surface area contributed by atoms with Gasteiger partial charge in [0, 0.05) is 25.0 Å². The summed E-state index contributed by atoms with van der Waals surface area (Å²) < 4.78 is 38.7. The number of likely N-dealkylation sites (tertiary alicyclic amines) is 1. The van der Waals surface area contributed by atoms with E-state index in [-0.39, 0.29) is 23.0 Å². The summed E-state index contributed by atoms with van der Waals surface area (Å²) in [5.41, 5.74) is -0.433. The molecular weight excluding hydrogens is 375 g/mol. The Balaban J connectivity index is 1.79. The van der Waals surface area contributed by atoms with Crippen LogP contribution < -0.4 is 5.32 Å². The summed E-state index contributed by atoms with van der Waals surface area (Å²) in [5.74, 6) is -1.54. The second kappa shape index (κ2) is 7.87. The van der Waals surface area contributed by atoms with Crippen LogP contribution >= 0.6 is 0 Å². The number of aromatic nitrogens is 1. The molecule has 28 heavy (non-hydrogen) atoms. The summed E-state index contributed by atoms with van der Waals surface area (Å²) in [6.45, 7) is 0.599. The zero-order valence-corrected chi connectivity index (χ0v) is 14.7. The van der Waals surface area contributed by atoms with Crippen molar-refractivity contribution in [3.63, 3.8) is 0 Å². The minimum atomic E-state index is -4.48. The van der Waals surface area contributed by atoms with Gasteiger partial charge in [0.1, 0.15) is 5.82 Å². The Morgan fingerprint density at radius 3 is 2.50 bits per heavy atom. The van der Waals surface area contributed by atoms with Crippen molar-refractivity contribution < 1.29 is 27.9 Å². The van der Waals surface area contributed by atoms with Crippen molar-refractivity contribution in [3.05, 3.63) is 53.7 Å². The van der Waals surface area contributed by atoms with Crippen LogP contribution in [0.2, 0.25) is 0 Å². The molecule has 1 aromatic carbocycles. The smallest absolute Gasteiger partial charge is 0.416 e. The van der Waals surface area contributed by atoms with E-state index in [0.29, 0.717) is 25.9 Å². The van der Waals surface area contributed by atoms with Gasteiger partial charge in [-0.05, 0) is 43.2 Å². The number of halogens is 3. The highest BCUT2D eigenvalue weighted by Gasteiger charge is 2.31. The molecule has 148 valence electrons. The molecule has 1 fully saturated rings. The first-order chi connectivity index (χ1) is 13.3. The maximum absolute atomic E-state index is 12.9. The normalized spacial score (nSPS) is 15.3. The average Bonchev–Trinajstić information content (AvgIpc) is 2.67. The van der Waals surface area contributed by atoms with E-state index in [1.54, 1.807) is 6.07 Å². The molecule has 0 atom stereocenters. The predicted octanol–water partition coefficient (Wildman–Crippen LogP) is 3.78. The number of aliphatic carboxylic acids is 1. The van der Waals surface area contributed by atoms with E-state index in [9.17, 15) is 22.8 Å². The molecule has 0 radical (unpaired) electrons. The minimum absolute atomic E-state index is 0.146. The fourth-order valence-corrected chi connectivity index (χ4v) is 3.09. The second-order valence-corrected chi connectivity index (χ2v) is 6.51. The Bertz CT molecular complexity index is 878. The second-order valence-electron chi connectivity index (χ2n) is 6.51. The maximum atomic E-state index is 12.9. The van der Waals surface area contributed by atoms with E-state index in [0.717, 1.165) is 12.1 Å². The van der Waals surface area contributed by atoms with Crippen LogP contribution in [-0.4, -0.2) is 40.0 Å². The molecule has 1 saturated heterocycles. The van der Waals surface area contributed by atoms with Crippen molar-refractivity contribution in [2.24, 2.45) is 5.92 Å². The van der Waals surface area contributed by atoms with Gasteiger partial charge in [0.2, 0.25) is 0 Å². The third-order valence-electron chi connectivity index (χ3n) is 4.62. The van der Waals surface area contributed by atoms with Gasteiger partial charge in [-0.2, -0.15) is 13.2 Å². The lowest BCUT2D eigenvalue weighted by molar-refractivity contribution is -0.143. The standard InChI is InChI=1S/C19H18F3N3O3/c20-19(21,22)13-3-1-4-14(11-13)24-16-15(5-2-8-23-16)17(26)25-9-6-12(7-10-25)18(27)28/h1-5,8,11-12H,6-7,9-10H2,(H,23,24)(H,27,28). The molecule has 1 aliphatic heterocycles. The van der Waals surface area contributed by atoms with Gasteiger partial charge >= 0.3 is 12.1 Å². The van der Waals surface area contributed by atoms with Crippen molar-refractivity contribution in [3.8, 4) is 0 Å². The van der Waals surface area contributed by atoms with Gasteiger partial charge in [0.15, 0.2) is 0 Å². The van der Waals surface area contributed by atoms with Gasteiger partial charge in [-0.3, -0.25) is 9.59 Å². The Morgan fingerprint density at radius 1 is 1.14 bits per heavy atom. The first-order valence-corrected chi connectivity index (χ1v) is 8.67. The molecule has 9 heteroatoms. The number of hydrogen-bond donors (Lipinski definition) is 2. The molecule has 0 aliphatic carbocycles. The molecule has 1 aromatic heterocycles. The predicted molar refractivity (Wildman–Crippen MR) is 95.2 cm³/mol.